The third-order valence-corrected chi connectivity index (χ3v) is 2.66. The molecule has 0 aromatic carbocycles. The van der Waals surface area contributed by atoms with Crippen molar-refractivity contribution in [2.75, 3.05) is 17.3 Å². The number of aryl methyl sites for hydroxylation is 2. The summed E-state index contributed by atoms with van der Waals surface area (Å²) in [6.07, 6.45) is 3.40. The van der Waals surface area contributed by atoms with E-state index in [2.05, 4.69) is 20.7 Å². The zero-order chi connectivity index (χ0) is 19.2. The number of nitrogens with zero attached hydrogens (tertiary/aromatic N) is 2. The van der Waals surface area contributed by atoms with Gasteiger partial charge >= 0.3 is 0 Å². The van der Waals surface area contributed by atoms with Crippen LogP contribution in [0.15, 0.2) is 36.7 Å². The first kappa shape index (κ1) is 25.5. The van der Waals surface area contributed by atoms with E-state index in [1.54, 1.807) is 19.3 Å². The molecule has 5 N–H and O–H groups in total. The molecule has 2 rings (SSSR count). The fraction of sp³-hybridized carbons (Fsp3) is 0.294. The quantitative estimate of drug-likeness (QED) is 0.468. The van der Waals surface area contributed by atoms with Gasteiger partial charge in [-0.1, -0.05) is 12.1 Å². The van der Waals surface area contributed by atoms with E-state index in [1.807, 2.05) is 38.1 Å². The van der Waals surface area contributed by atoms with Gasteiger partial charge in [-0.2, -0.15) is 0 Å². The van der Waals surface area contributed by atoms with Crippen LogP contribution >= 0.6 is 12.4 Å². The van der Waals surface area contributed by atoms with E-state index < -0.39 is 5.97 Å². The summed E-state index contributed by atoms with van der Waals surface area (Å²) in [7, 11) is 0. The van der Waals surface area contributed by atoms with E-state index in [1.165, 1.54) is 0 Å². The number of hydrogen-bond acceptors (Lipinski definition) is 7. The number of ketones is 1. The number of carbonyl (C=O) groups excluding carboxylic acids is 1. The van der Waals surface area contributed by atoms with Crippen molar-refractivity contribution in [1.29, 1.82) is 0 Å². The predicted octanol–water partition coefficient (Wildman–Crippen LogP) is 2.58. The molecule has 26 heavy (non-hydrogen) atoms. The smallest absolute Gasteiger partial charge is 0.300 e. The molecule has 0 saturated carbocycles. The molecule has 0 aliphatic rings. The van der Waals surface area contributed by atoms with Crippen LogP contribution in [0.3, 0.4) is 0 Å². The van der Waals surface area contributed by atoms with Crippen molar-refractivity contribution >= 4 is 35.8 Å². The van der Waals surface area contributed by atoms with E-state index in [4.69, 9.17) is 15.7 Å². The van der Waals surface area contributed by atoms with E-state index in [-0.39, 0.29) is 18.2 Å². The Morgan fingerprint density at radius 3 is 1.77 bits per heavy atom. The molecule has 0 aliphatic carbocycles. The first-order valence-corrected chi connectivity index (χ1v) is 7.50. The Morgan fingerprint density at radius 2 is 1.46 bits per heavy atom. The maximum atomic E-state index is 10.6. The minimum absolute atomic E-state index is 0. The summed E-state index contributed by atoms with van der Waals surface area (Å²) < 4.78 is 0. The van der Waals surface area contributed by atoms with Crippen molar-refractivity contribution in [2.45, 2.75) is 27.7 Å². The zero-order valence-electron chi connectivity index (χ0n) is 15.3. The van der Waals surface area contributed by atoms with Gasteiger partial charge in [0.15, 0.2) is 0 Å². The first-order chi connectivity index (χ1) is 11.8. The average Bonchev–Trinajstić information content (AvgIpc) is 2.54. The average molecular weight is 384 g/mol. The lowest BCUT2D eigenvalue weighted by Gasteiger charge is -2.04. The largest absolute Gasteiger partial charge is 0.481 e. The van der Waals surface area contributed by atoms with Crippen LogP contribution in [0.5, 0.6) is 0 Å². The normalized spacial score (nSPS) is 8.50. The van der Waals surface area contributed by atoms with Crippen LogP contribution in [0.4, 0.5) is 11.6 Å². The van der Waals surface area contributed by atoms with Crippen LogP contribution in [0.1, 0.15) is 25.0 Å². The van der Waals surface area contributed by atoms with Crippen molar-refractivity contribution in [3.8, 4) is 0 Å². The van der Waals surface area contributed by atoms with E-state index in [0.29, 0.717) is 6.54 Å². The molecule has 2 heterocycles. The van der Waals surface area contributed by atoms with Crippen LogP contribution in [0, 0.1) is 13.8 Å². The fourth-order valence-corrected chi connectivity index (χ4v) is 1.52. The van der Waals surface area contributed by atoms with Gasteiger partial charge in [0, 0.05) is 19.3 Å². The number of aromatic nitrogens is 2. The lowest BCUT2D eigenvalue weighted by molar-refractivity contribution is -0.134. The molecule has 2 aromatic heterocycles. The molecule has 0 bridgehead atoms. The Balaban J connectivity index is 0. The molecular weight excluding hydrogens is 358 g/mol. The molecule has 0 aliphatic heterocycles. The molecule has 9 heteroatoms. The molecule has 0 saturated heterocycles. The number of carboxylic acid groups (broad SMARTS) is 1. The second kappa shape index (κ2) is 14.6. The number of aliphatic carboxylic acids is 1. The number of nitrogens with one attached hydrogen (secondary N) is 2. The van der Waals surface area contributed by atoms with Crippen LogP contribution in [-0.4, -0.2) is 33.4 Å². The maximum Gasteiger partial charge on any atom is 0.300 e. The number of Topliss-reactive ketones (excluding diaryl/α,β-unsaturated/α-hetero) is 1. The van der Waals surface area contributed by atoms with E-state index >= 15 is 0 Å². The summed E-state index contributed by atoms with van der Waals surface area (Å²) >= 11 is 0. The number of carbonyl (C=O) groups is 2. The highest BCUT2D eigenvalue weighted by Gasteiger charge is 1.97. The lowest BCUT2D eigenvalue weighted by Crippen LogP contribution is -2.11. The molecule has 0 unspecified atom stereocenters. The number of nitrogens with two attached hydrogens (primary N) is 1. The SMILES string of the molecule is CC(=O)CNc1ncccc1C.CC(=O)O.Cc1cccnc1NN.Cl. The van der Waals surface area contributed by atoms with Gasteiger partial charge in [0.2, 0.25) is 0 Å². The second-order valence-electron chi connectivity index (χ2n) is 5.06. The minimum Gasteiger partial charge on any atom is -0.481 e. The first-order valence-electron chi connectivity index (χ1n) is 7.50. The van der Waals surface area contributed by atoms with Gasteiger partial charge in [-0.3, -0.25) is 9.59 Å². The van der Waals surface area contributed by atoms with Gasteiger partial charge in [0.25, 0.3) is 5.97 Å². The molecular formula is C17H26ClN5O3. The number of rotatable bonds is 4. The Bertz CT molecular complexity index is 679. The minimum atomic E-state index is -0.833. The predicted molar refractivity (Wildman–Crippen MR) is 105 cm³/mol. The summed E-state index contributed by atoms with van der Waals surface area (Å²) in [4.78, 5) is 27.7. The van der Waals surface area contributed by atoms with Gasteiger partial charge in [-0.05, 0) is 44.0 Å². The molecule has 144 valence electrons. The van der Waals surface area contributed by atoms with E-state index in [0.717, 1.165) is 29.7 Å². The topological polar surface area (TPSA) is 130 Å². The van der Waals surface area contributed by atoms with Gasteiger partial charge in [0.1, 0.15) is 17.4 Å². The van der Waals surface area contributed by atoms with Crippen molar-refractivity contribution in [1.82, 2.24) is 9.97 Å². The van der Waals surface area contributed by atoms with Crippen LogP contribution in [0.25, 0.3) is 0 Å². The summed E-state index contributed by atoms with van der Waals surface area (Å²) in [6, 6.07) is 7.64. The Hall–Kier alpha value is -2.71. The van der Waals surface area contributed by atoms with E-state index in [9.17, 15) is 4.79 Å². The van der Waals surface area contributed by atoms with Crippen molar-refractivity contribution in [3.05, 3.63) is 47.8 Å². The second-order valence-corrected chi connectivity index (χ2v) is 5.06. The van der Waals surface area contributed by atoms with Crippen molar-refractivity contribution in [3.63, 3.8) is 0 Å². The highest BCUT2D eigenvalue weighted by atomic mass is 35.5. The highest BCUT2D eigenvalue weighted by Crippen LogP contribution is 2.08. The fourth-order valence-electron chi connectivity index (χ4n) is 1.52. The molecule has 2 aromatic rings. The molecule has 0 spiro atoms. The Kier molecular flexibility index (Phi) is 14.4. The van der Waals surface area contributed by atoms with Crippen LogP contribution in [-0.2, 0) is 9.59 Å². The van der Waals surface area contributed by atoms with Gasteiger partial charge in [-0.25, -0.2) is 15.8 Å². The van der Waals surface area contributed by atoms with Crippen molar-refractivity contribution in [2.24, 2.45) is 5.84 Å². The van der Waals surface area contributed by atoms with Gasteiger partial charge < -0.3 is 15.8 Å². The number of anilines is 2. The Morgan fingerprint density at radius 1 is 1.04 bits per heavy atom. The molecule has 8 nitrogen and oxygen atoms in total. The molecule has 0 fully saturated rings. The number of hydrazine groups is 1. The standard InChI is InChI=1S/C9H12N2O.C6H9N3.C2H4O2.ClH/c1-7-4-3-5-10-9(7)11-6-8(2)12;1-5-3-2-4-8-6(5)9-7;1-2(3)4;/h3-5H,6H2,1-2H3,(H,10,11);2-4H,7H2,1H3,(H,8,9);1H3,(H,3,4);1H. The molecule has 0 amide bonds. The molecule has 0 radical (unpaired) electrons. The highest BCUT2D eigenvalue weighted by molar-refractivity contribution is 5.85. The summed E-state index contributed by atoms with van der Waals surface area (Å²) in [5, 5.41) is 10.4. The summed E-state index contributed by atoms with van der Waals surface area (Å²) in [5.74, 6) is 5.93. The Labute approximate surface area is 159 Å². The summed E-state index contributed by atoms with van der Waals surface area (Å²) in [5.41, 5.74) is 4.59. The van der Waals surface area contributed by atoms with Gasteiger partial charge in [-0.15, -0.1) is 12.4 Å². The number of nitrogen functional groups attached to an aromatic ring is 1. The third kappa shape index (κ3) is 12.7. The van der Waals surface area contributed by atoms with Crippen LogP contribution < -0.4 is 16.6 Å². The molecule has 0 atom stereocenters. The monoisotopic (exact) mass is 383 g/mol. The number of hydrogen-bond donors (Lipinski definition) is 4. The van der Waals surface area contributed by atoms with Crippen molar-refractivity contribution < 1.29 is 14.7 Å². The number of pyridine rings is 2. The summed E-state index contributed by atoms with van der Waals surface area (Å²) in [6.45, 7) is 6.88. The number of carboxylic acids is 1. The van der Waals surface area contributed by atoms with Crippen LogP contribution in [0.2, 0.25) is 0 Å². The zero-order valence-corrected chi connectivity index (χ0v) is 16.1. The maximum absolute atomic E-state index is 10.6. The number of halogens is 1. The van der Waals surface area contributed by atoms with Gasteiger partial charge in [0.05, 0.1) is 6.54 Å². The third-order valence-electron chi connectivity index (χ3n) is 2.66. The lowest BCUT2D eigenvalue weighted by atomic mass is 10.3.